The van der Waals surface area contributed by atoms with Crippen molar-refractivity contribution in [3.8, 4) is 0 Å². The quantitative estimate of drug-likeness (QED) is 0.306. The molecule has 0 aliphatic heterocycles. The highest BCUT2D eigenvalue weighted by Crippen LogP contribution is 2.03. The molecular formula is C14H26O4. The molecule has 4 nitrogen and oxygen atoms in total. The van der Waals surface area contributed by atoms with E-state index in [4.69, 9.17) is 14.2 Å². The zero-order valence-electron chi connectivity index (χ0n) is 11.7. The van der Waals surface area contributed by atoms with Gasteiger partial charge in [0.1, 0.15) is 6.61 Å². The summed E-state index contributed by atoms with van der Waals surface area (Å²) in [5.74, 6) is 0.363. The van der Waals surface area contributed by atoms with Crippen molar-refractivity contribution in [1.29, 1.82) is 0 Å². The van der Waals surface area contributed by atoms with Crippen molar-refractivity contribution in [1.82, 2.24) is 0 Å². The average molecular weight is 258 g/mol. The lowest BCUT2D eigenvalue weighted by molar-refractivity contribution is -0.145. The van der Waals surface area contributed by atoms with Gasteiger partial charge in [0.15, 0.2) is 0 Å². The number of ether oxygens (including phenoxy) is 3. The smallest absolute Gasteiger partial charge is 0.306 e. The third kappa shape index (κ3) is 11.5. The number of carbonyl (C=O) groups excluding carboxylic acids is 1. The molecule has 0 amide bonds. The molecule has 0 N–H and O–H groups in total. The minimum Gasteiger partial charge on any atom is -0.502 e. The topological polar surface area (TPSA) is 44.8 Å². The van der Waals surface area contributed by atoms with E-state index >= 15 is 0 Å². The zero-order valence-corrected chi connectivity index (χ0v) is 11.7. The van der Waals surface area contributed by atoms with Gasteiger partial charge in [0.2, 0.25) is 0 Å². The Balaban J connectivity index is 3.22. The first-order valence-electron chi connectivity index (χ1n) is 6.65. The predicted molar refractivity (Wildman–Crippen MR) is 71.3 cm³/mol. The van der Waals surface area contributed by atoms with Crippen LogP contribution in [0.1, 0.15) is 45.4 Å². The minimum atomic E-state index is -0.234. The summed E-state index contributed by atoms with van der Waals surface area (Å²) in [6, 6.07) is 0. The van der Waals surface area contributed by atoms with Gasteiger partial charge in [0.05, 0.1) is 25.9 Å². The van der Waals surface area contributed by atoms with Gasteiger partial charge in [-0.15, -0.1) is 0 Å². The fraction of sp³-hybridized carbons (Fsp3) is 0.786. The third-order valence-electron chi connectivity index (χ3n) is 2.53. The second-order valence-corrected chi connectivity index (χ2v) is 4.14. The second-order valence-electron chi connectivity index (χ2n) is 4.14. The third-order valence-corrected chi connectivity index (χ3v) is 2.53. The summed E-state index contributed by atoms with van der Waals surface area (Å²) in [6.45, 7) is 7.36. The molecule has 0 heterocycles. The molecule has 0 fully saturated rings. The van der Waals surface area contributed by atoms with Crippen molar-refractivity contribution < 1.29 is 19.0 Å². The summed E-state index contributed by atoms with van der Waals surface area (Å²) in [7, 11) is 1.54. The molecule has 0 saturated heterocycles. The molecule has 0 aromatic carbocycles. The monoisotopic (exact) mass is 258 g/mol. The summed E-state index contributed by atoms with van der Waals surface area (Å²) >= 11 is 0. The first-order chi connectivity index (χ1) is 8.70. The van der Waals surface area contributed by atoms with E-state index in [-0.39, 0.29) is 5.97 Å². The number of rotatable bonds is 12. The second kappa shape index (κ2) is 12.4. The van der Waals surface area contributed by atoms with Crippen molar-refractivity contribution in [2.45, 2.75) is 45.4 Å². The molecule has 0 atom stereocenters. The fourth-order valence-corrected chi connectivity index (χ4v) is 1.36. The fourth-order valence-electron chi connectivity index (χ4n) is 1.36. The molecule has 0 aliphatic carbocycles. The average Bonchev–Trinajstić information content (AvgIpc) is 2.39. The number of hydrogen-bond acceptors (Lipinski definition) is 4. The molecule has 0 saturated carbocycles. The van der Waals surface area contributed by atoms with Crippen LogP contribution in [-0.4, -0.2) is 32.9 Å². The number of carbonyl (C=O) groups is 1. The van der Waals surface area contributed by atoms with Gasteiger partial charge in [-0.1, -0.05) is 32.8 Å². The Morgan fingerprint density at radius 1 is 1.06 bits per heavy atom. The van der Waals surface area contributed by atoms with Gasteiger partial charge < -0.3 is 14.2 Å². The molecule has 0 radical (unpaired) electrons. The van der Waals surface area contributed by atoms with Crippen LogP contribution in [0.25, 0.3) is 0 Å². The van der Waals surface area contributed by atoms with E-state index in [1.54, 1.807) is 7.11 Å². The van der Waals surface area contributed by atoms with Crippen LogP contribution in [0.4, 0.5) is 0 Å². The van der Waals surface area contributed by atoms with Gasteiger partial charge in [0.25, 0.3) is 0 Å². The van der Waals surface area contributed by atoms with Crippen LogP contribution in [0.5, 0.6) is 0 Å². The zero-order chi connectivity index (χ0) is 13.6. The molecule has 106 valence electrons. The summed E-state index contributed by atoms with van der Waals surface area (Å²) in [4.78, 5) is 11.3. The number of methoxy groups -OCH3 is 1. The minimum absolute atomic E-state index is 0.234. The first kappa shape index (κ1) is 17.0. The van der Waals surface area contributed by atoms with E-state index in [9.17, 15) is 4.79 Å². The lowest BCUT2D eigenvalue weighted by atomic mass is 10.2. The molecule has 0 aromatic rings. The Labute approximate surface area is 110 Å². The molecule has 4 heteroatoms. The highest BCUT2D eigenvalue weighted by atomic mass is 16.6. The van der Waals surface area contributed by atoms with Crippen molar-refractivity contribution in [2.24, 2.45) is 0 Å². The lowest BCUT2D eigenvalue weighted by Crippen LogP contribution is -2.11. The lowest BCUT2D eigenvalue weighted by Gasteiger charge is -2.06. The Hall–Kier alpha value is -1.03. The highest BCUT2D eigenvalue weighted by Gasteiger charge is 2.04. The van der Waals surface area contributed by atoms with E-state index in [0.29, 0.717) is 31.8 Å². The number of allylic oxidation sites excluding steroid dienone is 1. The molecular weight excluding hydrogens is 232 g/mol. The van der Waals surface area contributed by atoms with Crippen LogP contribution in [0.15, 0.2) is 12.3 Å². The largest absolute Gasteiger partial charge is 0.502 e. The Kier molecular flexibility index (Phi) is 11.7. The van der Waals surface area contributed by atoms with Gasteiger partial charge in [-0.2, -0.15) is 0 Å². The summed E-state index contributed by atoms with van der Waals surface area (Å²) in [6.07, 6.45) is 5.58. The van der Waals surface area contributed by atoms with Gasteiger partial charge in [-0.05, 0) is 6.42 Å². The van der Waals surface area contributed by atoms with Crippen LogP contribution in [0.2, 0.25) is 0 Å². The van der Waals surface area contributed by atoms with Crippen molar-refractivity contribution in [3.05, 3.63) is 12.3 Å². The molecule has 0 rings (SSSR count). The first-order valence-corrected chi connectivity index (χ1v) is 6.65. The summed E-state index contributed by atoms with van der Waals surface area (Å²) in [5.41, 5.74) is 0. The number of hydrogen-bond donors (Lipinski definition) is 0. The van der Waals surface area contributed by atoms with Crippen molar-refractivity contribution >= 4 is 5.97 Å². The Morgan fingerprint density at radius 2 is 1.83 bits per heavy atom. The SMILES string of the molecule is C=C(CCC(=O)OCCOCCCCCC)OC. The van der Waals surface area contributed by atoms with Gasteiger partial charge in [0, 0.05) is 13.0 Å². The molecule has 0 unspecified atom stereocenters. The maximum atomic E-state index is 11.3. The van der Waals surface area contributed by atoms with E-state index in [0.717, 1.165) is 13.0 Å². The predicted octanol–water partition coefficient (Wildman–Crippen LogP) is 3.07. The van der Waals surface area contributed by atoms with Crippen LogP contribution in [0.3, 0.4) is 0 Å². The highest BCUT2D eigenvalue weighted by molar-refractivity contribution is 5.69. The molecule has 0 spiro atoms. The molecule has 0 bridgehead atoms. The van der Waals surface area contributed by atoms with Crippen molar-refractivity contribution in [2.75, 3.05) is 26.9 Å². The maximum Gasteiger partial charge on any atom is 0.306 e. The van der Waals surface area contributed by atoms with Crippen molar-refractivity contribution in [3.63, 3.8) is 0 Å². The van der Waals surface area contributed by atoms with E-state index in [1.807, 2.05) is 0 Å². The Morgan fingerprint density at radius 3 is 2.50 bits per heavy atom. The van der Waals surface area contributed by atoms with Gasteiger partial charge in [-0.25, -0.2) is 0 Å². The number of unbranched alkanes of at least 4 members (excludes halogenated alkanes) is 3. The molecule has 0 aromatic heterocycles. The van der Waals surface area contributed by atoms with Gasteiger partial charge >= 0.3 is 5.97 Å². The summed E-state index contributed by atoms with van der Waals surface area (Å²) in [5, 5.41) is 0. The molecule has 18 heavy (non-hydrogen) atoms. The van der Waals surface area contributed by atoms with Gasteiger partial charge in [-0.3, -0.25) is 4.79 Å². The summed E-state index contributed by atoms with van der Waals surface area (Å²) < 4.78 is 15.2. The van der Waals surface area contributed by atoms with Crippen LogP contribution >= 0.6 is 0 Å². The van der Waals surface area contributed by atoms with Crippen LogP contribution < -0.4 is 0 Å². The number of esters is 1. The Bertz CT molecular complexity index is 226. The van der Waals surface area contributed by atoms with E-state index in [1.165, 1.54) is 19.3 Å². The maximum absolute atomic E-state index is 11.3. The molecule has 0 aliphatic rings. The van der Waals surface area contributed by atoms with E-state index in [2.05, 4.69) is 13.5 Å². The van der Waals surface area contributed by atoms with Crippen LogP contribution in [-0.2, 0) is 19.0 Å². The standard InChI is InChI=1S/C14H26O4/c1-4-5-6-7-10-17-11-12-18-14(15)9-8-13(2)16-3/h2,4-12H2,1,3H3. The van der Waals surface area contributed by atoms with Crippen LogP contribution in [0, 0.1) is 0 Å². The normalized spacial score (nSPS) is 10.1. The van der Waals surface area contributed by atoms with E-state index < -0.39 is 0 Å².